The summed E-state index contributed by atoms with van der Waals surface area (Å²) in [7, 11) is 2.39. The molecule has 0 saturated carbocycles. The van der Waals surface area contributed by atoms with E-state index in [9.17, 15) is 18.2 Å². The first-order chi connectivity index (χ1) is 9.15. The summed E-state index contributed by atoms with van der Waals surface area (Å²) in [5.74, 6) is -0.473. The average Bonchev–Trinajstić information content (AvgIpc) is 2.35. The Kier molecular flexibility index (Phi) is 8.15. The number of carbonyl (C=O) groups is 2. The van der Waals surface area contributed by atoms with Crippen LogP contribution in [-0.2, 0) is 20.0 Å². The zero-order chi connectivity index (χ0) is 15.9. The van der Waals surface area contributed by atoms with Gasteiger partial charge in [0, 0.05) is 14.1 Å². The van der Waals surface area contributed by atoms with Gasteiger partial charge in [-0.25, -0.2) is 22.4 Å². The maximum Gasteiger partial charge on any atom is 0.421 e. The lowest BCUT2D eigenvalue weighted by molar-refractivity contribution is 0.143. The first-order valence-electron chi connectivity index (χ1n) is 5.33. The van der Waals surface area contributed by atoms with E-state index in [0.717, 1.165) is 11.4 Å². The van der Waals surface area contributed by atoms with Crippen LogP contribution in [0.1, 0.15) is 13.8 Å². The number of nitrogens with zero attached hydrogens (tertiary/aromatic N) is 2. The van der Waals surface area contributed by atoms with Crippen molar-refractivity contribution in [3.8, 4) is 0 Å². The highest BCUT2D eigenvalue weighted by molar-refractivity contribution is 7.95. The Labute approximate surface area is 123 Å². The second-order valence-corrected chi connectivity index (χ2v) is 6.59. The predicted molar refractivity (Wildman–Crippen MR) is 73.1 cm³/mol. The molecule has 116 valence electrons. The first-order valence-corrected chi connectivity index (χ1v) is 7.20. The van der Waals surface area contributed by atoms with Crippen molar-refractivity contribution in [2.45, 2.75) is 19.1 Å². The SMILES string of the molecule is CC(C)S(=O)OC(=N)COC(=O)N(C)SN(C)C(=O)F. The minimum absolute atomic E-state index is 0.298. The van der Waals surface area contributed by atoms with E-state index in [1.54, 1.807) is 13.8 Å². The third-order valence-corrected chi connectivity index (χ3v) is 3.56. The molecule has 1 unspecified atom stereocenters. The van der Waals surface area contributed by atoms with Crippen molar-refractivity contribution in [3.63, 3.8) is 0 Å². The van der Waals surface area contributed by atoms with Crippen molar-refractivity contribution >= 4 is 41.4 Å². The molecule has 0 aromatic carbocycles. The monoisotopic (exact) mass is 329 g/mol. The Hall–Kier alpha value is -1.36. The number of hydrogen-bond acceptors (Lipinski definition) is 7. The van der Waals surface area contributed by atoms with Gasteiger partial charge in [-0.2, -0.15) is 0 Å². The number of halogens is 1. The van der Waals surface area contributed by atoms with Crippen LogP contribution in [-0.4, -0.2) is 56.9 Å². The molecule has 8 nitrogen and oxygen atoms in total. The van der Waals surface area contributed by atoms with Gasteiger partial charge in [-0.3, -0.25) is 5.41 Å². The molecule has 0 aliphatic heterocycles. The summed E-state index contributed by atoms with van der Waals surface area (Å²) >= 11 is -1.20. The average molecular weight is 329 g/mol. The largest absolute Gasteiger partial charge is 0.439 e. The highest BCUT2D eigenvalue weighted by atomic mass is 32.2. The van der Waals surface area contributed by atoms with Crippen LogP contribution >= 0.6 is 12.1 Å². The number of hydrogen-bond donors (Lipinski definition) is 1. The van der Waals surface area contributed by atoms with E-state index >= 15 is 0 Å². The fourth-order valence-electron chi connectivity index (χ4n) is 0.687. The van der Waals surface area contributed by atoms with Crippen molar-refractivity contribution < 1.29 is 27.1 Å². The van der Waals surface area contributed by atoms with Crippen LogP contribution < -0.4 is 0 Å². The lowest BCUT2D eigenvalue weighted by atomic mass is 10.6. The molecule has 2 amide bonds. The molecule has 0 aliphatic carbocycles. The van der Waals surface area contributed by atoms with Gasteiger partial charge in [-0.1, -0.05) is 0 Å². The van der Waals surface area contributed by atoms with E-state index in [0.29, 0.717) is 16.4 Å². The van der Waals surface area contributed by atoms with Crippen molar-refractivity contribution in [2.75, 3.05) is 20.7 Å². The fraction of sp³-hybridized carbons (Fsp3) is 0.667. The molecule has 0 fully saturated rings. The Morgan fingerprint density at radius 1 is 1.35 bits per heavy atom. The van der Waals surface area contributed by atoms with Crippen LogP contribution in [0.2, 0.25) is 0 Å². The predicted octanol–water partition coefficient (Wildman–Crippen LogP) is 1.71. The van der Waals surface area contributed by atoms with E-state index in [1.165, 1.54) is 7.05 Å². The fourth-order valence-corrected chi connectivity index (χ4v) is 1.68. The number of carbonyl (C=O) groups excluding carboxylic acids is 2. The van der Waals surface area contributed by atoms with Gasteiger partial charge in [-0.15, -0.1) is 4.39 Å². The highest BCUT2D eigenvalue weighted by Gasteiger charge is 2.18. The standard InChI is InChI=1S/C9H16FN3O5S2/c1-6(2)20(16)18-7(11)5-17-9(15)13(4)19-12(3)8(10)14/h6,11H,5H2,1-4H3. The molecular weight excluding hydrogens is 313 g/mol. The molecule has 0 aliphatic rings. The molecule has 20 heavy (non-hydrogen) atoms. The highest BCUT2D eigenvalue weighted by Crippen LogP contribution is 2.14. The van der Waals surface area contributed by atoms with Gasteiger partial charge in [0.05, 0.1) is 17.4 Å². The number of ether oxygens (including phenoxy) is 1. The summed E-state index contributed by atoms with van der Waals surface area (Å²) < 4.78 is 34.3. The van der Waals surface area contributed by atoms with Crippen LogP contribution in [0.25, 0.3) is 0 Å². The quantitative estimate of drug-likeness (QED) is 0.262. The topological polar surface area (TPSA) is 100 Å². The van der Waals surface area contributed by atoms with Crippen LogP contribution in [0.15, 0.2) is 0 Å². The van der Waals surface area contributed by atoms with Crippen LogP contribution in [0, 0.1) is 5.41 Å². The maximum absolute atomic E-state index is 12.3. The Bertz CT molecular complexity index is 407. The van der Waals surface area contributed by atoms with Crippen molar-refractivity contribution in [3.05, 3.63) is 0 Å². The van der Waals surface area contributed by atoms with E-state index < -0.39 is 35.8 Å². The van der Waals surface area contributed by atoms with Crippen molar-refractivity contribution in [2.24, 2.45) is 0 Å². The summed E-state index contributed by atoms with van der Waals surface area (Å²) in [6.07, 6.45) is -2.63. The zero-order valence-electron chi connectivity index (χ0n) is 11.4. The molecule has 0 heterocycles. The summed E-state index contributed by atoms with van der Waals surface area (Å²) in [6.45, 7) is 2.77. The minimum Gasteiger partial charge on any atom is -0.439 e. The smallest absolute Gasteiger partial charge is 0.421 e. The second kappa shape index (κ2) is 8.74. The molecule has 11 heteroatoms. The van der Waals surface area contributed by atoms with Gasteiger partial charge in [0.25, 0.3) is 0 Å². The molecular formula is C9H16FN3O5S2. The van der Waals surface area contributed by atoms with Crippen LogP contribution in [0.3, 0.4) is 0 Å². The molecule has 1 N–H and O–H groups in total. The molecule has 0 aromatic heterocycles. The van der Waals surface area contributed by atoms with Crippen LogP contribution in [0.4, 0.5) is 14.0 Å². The molecule has 1 atom stereocenters. The van der Waals surface area contributed by atoms with Crippen molar-refractivity contribution in [1.82, 2.24) is 8.61 Å². The minimum atomic E-state index is -1.72. The molecule has 0 radical (unpaired) electrons. The lowest BCUT2D eigenvalue weighted by Crippen LogP contribution is -2.29. The van der Waals surface area contributed by atoms with E-state index in [4.69, 9.17) is 5.41 Å². The summed E-state index contributed by atoms with van der Waals surface area (Å²) in [5, 5.41) is 7.02. The van der Waals surface area contributed by atoms with Crippen molar-refractivity contribution in [1.29, 1.82) is 5.41 Å². The number of amides is 2. The third kappa shape index (κ3) is 7.28. The van der Waals surface area contributed by atoms with Gasteiger partial charge < -0.3 is 8.92 Å². The first kappa shape index (κ1) is 18.6. The van der Waals surface area contributed by atoms with Crippen LogP contribution in [0.5, 0.6) is 0 Å². The van der Waals surface area contributed by atoms with E-state index in [2.05, 4.69) is 8.92 Å². The summed E-state index contributed by atoms with van der Waals surface area (Å²) in [4.78, 5) is 21.7. The number of rotatable bonds is 6. The molecule has 0 spiro atoms. The molecule has 0 bridgehead atoms. The van der Waals surface area contributed by atoms with Gasteiger partial charge >= 0.3 is 12.3 Å². The third-order valence-electron chi connectivity index (χ3n) is 1.64. The Morgan fingerprint density at radius 3 is 2.35 bits per heavy atom. The van der Waals surface area contributed by atoms with Gasteiger partial charge in [0.2, 0.25) is 17.0 Å². The van der Waals surface area contributed by atoms with E-state index in [-0.39, 0.29) is 5.25 Å². The molecule has 0 aromatic rings. The normalized spacial score (nSPS) is 11.7. The summed E-state index contributed by atoms with van der Waals surface area (Å²) in [5.41, 5.74) is 0. The van der Waals surface area contributed by atoms with Gasteiger partial charge in [0.1, 0.15) is 0 Å². The molecule has 0 saturated heterocycles. The Morgan fingerprint density at radius 2 is 1.90 bits per heavy atom. The summed E-state index contributed by atoms with van der Waals surface area (Å²) in [6, 6.07) is 0. The van der Waals surface area contributed by atoms with E-state index in [1.807, 2.05) is 0 Å². The maximum atomic E-state index is 12.3. The van der Waals surface area contributed by atoms with Gasteiger partial charge in [-0.05, 0) is 13.8 Å². The Balaban J connectivity index is 4.12. The molecule has 0 rings (SSSR count). The second-order valence-electron chi connectivity index (χ2n) is 3.70. The number of nitrogens with one attached hydrogen (secondary N) is 1. The zero-order valence-corrected chi connectivity index (χ0v) is 13.0. The lowest BCUT2D eigenvalue weighted by Gasteiger charge is -2.19. The van der Waals surface area contributed by atoms with Gasteiger partial charge in [0.15, 0.2) is 6.61 Å².